The van der Waals surface area contributed by atoms with Gasteiger partial charge in [-0.1, -0.05) is 63.6 Å². The van der Waals surface area contributed by atoms with Gasteiger partial charge in [-0.2, -0.15) is 0 Å². The van der Waals surface area contributed by atoms with Crippen molar-refractivity contribution in [2.75, 3.05) is 23.5 Å². The van der Waals surface area contributed by atoms with Crippen LogP contribution in [0.5, 0.6) is 0 Å². The maximum atomic E-state index is 5.41. The van der Waals surface area contributed by atoms with Gasteiger partial charge in [0.1, 0.15) is 11.6 Å². The molecule has 0 bridgehead atoms. The van der Waals surface area contributed by atoms with Crippen LogP contribution in [0.1, 0.15) is 58.3 Å². The number of rotatable bonds is 12. The number of hydrogen-bond donors (Lipinski definition) is 3. The van der Waals surface area contributed by atoms with Crippen LogP contribution in [0.25, 0.3) is 0 Å². The number of unbranched alkanes of at least 4 members (excludes halogenated alkanes) is 7. The number of nitrogens with two attached hydrogens (primary N) is 1. The Morgan fingerprint density at radius 2 is 1.62 bits per heavy atom. The lowest BCUT2D eigenvalue weighted by molar-refractivity contribution is 0.581. The van der Waals surface area contributed by atoms with Crippen LogP contribution in [0, 0.1) is 0 Å². The van der Waals surface area contributed by atoms with E-state index in [9.17, 15) is 0 Å². The van der Waals surface area contributed by atoms with E-state index in [-0.39, 0.29) is 0 Å². The highest BCUT2D eigenvalue weighted by molar-refractivity contribution is 7.98. The van der Waals surface area contributed by atoms with Crippen molar-refractivity contribution in [1.82, 2.24) is 9.97 Å². The second kappa shape index (κ2) is 11.6. The first kappa shape index (κ1) is 18.0. The molecule has 0 amide bonds. The lowest BCUT2D eigenvalue weighted by Crippen LogP contribution is -2.11. The molecule has 0 fully saturated rings. The number of thioether (sulfide) groups is 1. The molecule has 0 aliphatic rings. The fraction of sp³-hybridized carbons (Fsp3) is 0.733. The van der Waals surface area contributed by atoms with Gasteiger partial charge in [-0.25, -0.2) is 15.8 Å². The van der Waals surface area contributed by atoms with Crippen molar-refractivity contribution in [3.63, 3.8) is 0 Å². The van der Waals surface area contributed by atoms with E-state index in [1.165, 1.54) is 63.1 Å². The zero-order chi connectivity index (χ0) is 15.3. The predicted molar refractivity (Wildman–Crippen MR) is 92.7 cm³/mol. The minimum absolute atomic E-state index is 0.646. The predicted octanol–water partition coefficient (Wildman–Crippen LogP) is 4.04. The Labute approximate surface area is 132 Å². The van der Waals surface area contributed by atoms with Gasteiger partial charge in [0.25, 0.3) is 0 Å². The number of hydrogen-bond acceptors (Lipinski definition) is 6. The standard InChI is InChI=1S/C15H29N5S/c1-3-4-5-6-7-8-9-10-11-17-13-12-14(20-16)19-15(18-13)21-2/h12H,3-11,16H2,1-2H3,(H2,17,18,19,20). The molecule has 0 radical (unpaired) electrons. The number of anilines is 2. The largest absolute Gasteiger partial charge is 0.370 e. The summed E-state index contributed by atoms with van der Waals surface area (Å²) in [6, 6.07) is 1.84. The Bertz CT molecular complexity index is 364. The van der Waals surface area contributed by atoms with E-state index in [2.05, 4.69) is 27.6 Å². The third-order valence-electron chi connectivity index (χ3n) is 3.37. The van der Waals surface area contributed by atoms with Crippen molar-refractivity contribution in [3.8, 4) is 0 Å². The van der Waals surface area contributed by atoms with Crippen molar-refractivity contribution in [2.45, 2.75) is 63.4 Å². The van der Waals surface area contributed by atoms with Gasteiger partial charge in [-0.15, -0.1) is 0 Å². The summed E-state index contributed by atoms with van der Waals surface area (Å²) < 4.78 is 0. The van der Waals surface area contributed by atoms with Crippen LogP contribution in [-0.2, 0) is 0 Å². The highest BCUT2D eigenvalue weighted by Gasteiger charge is 2.02. The minimum atomic E-state index is 0.646. The minimum Gasteiger partial charge on any atom is -0.370 e. The lowest BCUT2D eigenvalue weighted by atomic mass is 10.1. The van der Waals surface area contributed by atoms with Gasteiger partial charge in [0.15, 0.2) is 5.16 Å². The zero-order valence-electron chi connectivity index (χ0n) is 13.3. The van der Waals surface area contributed by atoms with Gasteiger partial charge in [0.05, 0.1) is 0 Å². The monoisotopic (exact) mass is 311 g/mol. The zero-order valence-corrected chi connectivity index (χ0v) is 14.1. The first-order chi connectivity index (χ1) is 10.3. The molecule has 5 nitrogen and oxygen atoms in total. The van der Waals surface area contributed by atoms with Gasteiger partial charge < -0.3 is 10.7 Å². The number of hydrazine groups is 1. The van der Waals surface area contributed by atoms with Gasteiger partial charge >= 0.3 is 0 Å². The molecule has 0 aliphatic carbocycles. The Hall–Kier alpha value is -1.01. The molecular weight excluding hydrogens is 282 g/mol. The summed E-state index contributed by atoms with van der Waals surface area (Å²) in [6.45, 7) is 3.21. The molecule has 1 heterocycles. The second-order valence-electron chi connectivity index (χ2n) is 5.17. The molecule has 0 aliphatic heterocycles. The molecule has 0 aromatic carbocycles. The summed E-state index contributed by atoms with van der Waals surface area (Å²) in [6.07, 6.45) is 12.6. The van der Waals surface area contributed by atoms with E-state index >= 15 is 0 Å². The van der Waals surface area contributed by atoms with Crippen molar-refractivity contribution in [1.29, 1.82) is 0 Å². The Balaban J connectivity index is 2.15. The molecule has 21 heavy (non-hydrogen) atoms. The number of nitrogens with zero attached hydrogens (tertiary/aromatic N) is 2. The van der Waals surface area contributed by atoms with Crippen molar-refractivity contribution in [3.05, 3.63) is 6.07 Å². The third kappa shape index (κ3) is 8.12. The molecule has 0 unspecified atom stereocenters. The molecule has 1 rings (SSSR count). The van der Waals surface area contributed by atoms with E-state index in [1.807, 2.05) is 12.3 Å². The van der Waals surface area contributed by atoms with Crippen molar-refractivity contribution >= 4 is 23.4 Å². The first-order valence-electron chi connectivity index (χ1n) is 7.93. The van der Waals surface area contributed by atoms with Crippen molar-refractivity contribution in [2.24, 2.45) is 5.84 Å². The molecule has 4 N–H and O–H groups in total. The fourth-order valence-electron chi connectivity index (χ4n) is 2.16. The maximum Gasteiger partial charge on any atom is 0.191 e. The molecule has 1 aromatic heterocycles. The molecule has 0 saturated heterocycles. The SMILES string of the molecule is CCCCCCCCCCNc1cc(NN)nc(SC)n1. The van der Waals surface area contributed by atoms with E-state index in [0.717, 1.165) is 17.5 Å². The van der Waals surface area contributed by atoms with Crippen LogP contribution in [0.3, 0.4) is 0 Å². The van der Waals surface area contributed by atoms with E-state index in [4.69, 9.17) is 5.84 Å². The summed E-state index contributed by atoms with van der Waals surface area (Å²) in [7, 11) is 0. The normalized spacial score (nSPS) is 10.6. The van der Waals surface area contributed by atoms with E-state index in [1.54, 1.807) is 0 Å². The summed E-state index contributed by atoms with van der Waals surface area (Å²) in [5.41, 5.74) is 2.57. The van der Waals surface area contributed by atoms with Gasteiger partial charge in [-0.05, 0) is 12.7 Å². The average Bonchev–Trinajstić information content (AvgIpc) is 2.52. The summed E-state index contributed by atoms with van der Waals surface area (Å²) >= 11 is 1.51. The summed E-state index contributed by atoms with van der Waals surface area (Å²) in [5.74, 6) is 6.89. The average molecular weight is 311 g/mol. The highest BCUT2D eigenvalue weighted by atomic mass is 32.2. The maximum absolute atomic E-state index is 5.41. The number of nitrogen functional groups attached to an aromatic ring is 1. The first-order valence-corrected chi connectivity index (χ1v) is 9.16. The Morgan fingerprint density at radius 3 is 2.24 bits per heavy atom. The van der Waals surface area contributed by atoms with Gasteiger partial charge in [-0.3, -0.25) is 0 Å². The second-order valence-corrected chi connectivity index (χ2v) is 5.94. The smallest absolute Gasteiger partial charge is 0.191 e. The molecule has 120 valence electrons. The van der Waals surface area contributed by atoms with E-state index in [0.29, 0.717) is 5.82 Å². The van der Waals surface area contributed by atoms with Crippen LogP contribution in [0.4, 0.5) is 11.6 Å². The van der Waals surface area contributed by atoms with Crippen LogP contribution in [0.2, 0.25) is 0 Å². The topological polar surface area (TPSA) is 75.9 Å². The Morgan fingerprint density at radius 1 is 1.00 bits per heavy atom. The molecule has 0 saturated carbocycles. The molecule has 1 aromatic rings. The lowest BCUT2D eigenvalue weighted by Gasteiger charge is -2.08. The summed E-state index contributed by atoms with van der Waals surface area (Å²) in [5, 5.41) is 4.07. The molecule has 0 spiro atoms. The van der Waals surface area contributed by atoms with Crippen LogP contribution in [0.15, 0.2) is 11.2 Å². The third-order valence-corrected chi connectivity index (χ3v) is 3.92. The van der Waals surface area contributed by atoms with Crippen molar-refractivity contribution < 1.29 is 0 Å². The van der Waals surface area contributed by atoms with Gasteiger partial charge in [0.2, 0.25) is 0 Å². The molecule has 6 heteroatoms. The molecule has 0 atom stereocenters. The molecular formula is C15H29N5S. The van der Waals surface area contributed by atoms with Crippen LogP contribution < -0.4 is 16.6 Å². The quantitative estimate of drug-likeness (QED) is 0.178. The number of nitrogens with one attached hydrogen (secondary N) is 2. The highest BCUT2D eigenvalue weighted by Crippen LogP contribution is 2.16. The fourth-order valence-corrected chi connectivity index (χ4v) is 2.54. The van der Waals surface area contributed by atoms with Gasteiger partial charge in [0, 0.05) is 12.6 Å². The summed E-state index contributed by atoms with van der Waals surface area (Å²) in [4.78, 5) is 8.65. The Kier molecular flexibility index (Phi) is 9.99. The van der Waals surface area contributed by atoms with Crippen LogP contribution in [-0.4, -0.2) is 22.8 Å². The number of aromatic nitrogens is 2. The van der Waals surface area contributed by atoms with Crippen LogP contribution >= 0.6 is 11.8 Å². The van der Waals surface area contributed by atoms with E-state index < -0.39 is 0 Å².